The van der Waals surface area contributed by atoms with Crippen molar-refractivity contribution < 1.29 is 14.8 Å². The number of carboxylic acids is 1. The van der Waals surface area contributed by atoms with E-state index < -0.39 is 5.97 Å². The molecule has 98 valence electrons. The highest BCUT2D eigenvalue weighted by atomic mass is 16.4. The van der Waals surface area contributed by atoms with Gasteiger partial charge in [-0.15, -0.1) is 0 Å². The van der Waals surface area contributed by atoms with Crippen LogP contribution in [0.4, 0.5) is 0 Å². The van der Waals surface area contributed by atoms with Gasteiger partial charge in [-0.3, -0.25) is 4.90 Å². The molecule has 1 aliphatic heterocycles. The average Bonchev–Trinajstić information content (AvgIpc) is 2.40. The van der Waals surface area contributed by atoms with Crippen molar-refractivity contribution in [3.8, 4) is 0 Å². The van der Waals surface area contributed by atoms with E-state index in [-0.39, 0.29) is 5.56 Å². The maximum absolute atomic E-state index is 10.8. The Morgan fingerprint density at radius 2 is 2.11 bits per heavy atom. The topological polar surface area (TPSA) is 47.8 Å². The summed E-state index contributed by atoms with van der Waals surface area (Å²) in [6.07, 6.45) is 0. The monoisotopic (exact) mass is 248 g/mol. The molecule has 1 aromatic carbocycles. The lowest BCUT2D eigenvalue weighted by atomic mass is 10.1. The summed E-state index contributed by atoms with van der Waals surface area (Å²) in [4.78, 5) is 14.8. The maximum atomic E-state index is 10.8. The maximum Gasteiger partial charge on any atom is 0.0900 e. The number of nitrogens with one attached hydrogen (secondary N) is 1. The number of carbonyl (C=O) groups excluding carboxylic acids is 1. The van der Waals surface area contributed by atoms with Crippen LogP contribution in [-0.4, -0.2) is 43.6 Å². The quantitative estimate of drug-likeness (QED) is 0.726. The molecule has 0 atom stereocenters. The van der Waals surface area contributed by atoms with Gasteiger partial charge in [0.15, 0.2) is 0 Å². The summed E-state index contributed by atoms with van der Waals surface area (Å²) in [5, 5.41) is 10.8. The number of hydrogen-bond acceptors (Lipinski definition) is 3. The number of carboxylic acid groups (broad SMARTS) is 1. The zero-order valence-electron chi connectivity index (χ0n) is 10.8. The van der Waals surface area contributed by atoms with Crippen molar-refractivity contribution in [3.05, 3.63) is 35.4 Å². The third-order valence-corrected chi connectivity index (χ3v) is 3.63. The molecule has 1 heterocycles. The highest BCUT2D eigenvalue weighted by Gasteiger charge is 2.18. The molecule has 1 aromatic rings. The molecule has 0 aliphatic carbocycles. The molecule has 0 amide bonds. The highest BCUT2D eigenvalue weighted by Crippen LogP contribution is 2.08. The molecule has 0 aromatic heterocycles. The fraction of sp³-hybridized carbons (Fsp3) is 0.500. The summed E-state index contributed by atoms with van der Waals surface area (Å²) in [7, 11) is 0. The molecule has 4 heteroatoms. The van der Waals surface area contributed by atoms with E-state index in [0.29, 0.717) is 0 Å². The van der Waals surface area contributed by atoms with Gasteiger partial charge in [0.1, 0.15) is 0 Å². The van der Waals surface area contributed by atoms with Crippen LogP contribution < -0.4 is 10.0 Å². The first-order valence-corrected chi connectivity index (χ1v) is 6.55. The smallest absolute Gasteiger partial charge is 0.0900 e. The molecule has 1 saturated heterocycles. The van der Waals surface area contributed by atoms with Gasteiger partial charge in [0.25, 0.3) is 0 Å². The van der Waals surface area contributed by atoms with Gasteiger partial charge in [0.2, 0.25) is 0 Å². The second-order valence-electron chi connectivity index (χ2n) is 4.87. The van der Waals surface area contributed by atoms with Crippen LogP contribution in [0, 0.1) is 0 Å². The van der Waals surface area contributed by atoms with E-state index in [9.17, 15) is 9.90 Å². The molecule has 1 aliphatic rings. The van der Waals surface area contributed by atoms with Crippen LogP contribution in [0.5, 0.6) is 0 Å². The summed E-state index contributed by atoms with van der Waals surface area (Å²) >= 11 is 0. The van der Waals surface area contributed by atoms with Gasteiger partial charge in [-0.05, 0) is 24.1 Å². The molecule has 0 unspecified atom stereocenters. The van der Waals surface area contributed by atoms with E-state index in [1.54, 1.807) is 23.1 Å². The van der Waals surface area contributed by atoms with E-state index in [1.165, 1.54) is 19.6 Å². The van der Waals surface area contributed by atoms with Gasteiger partial charge in [0.05, 0.1) is 25.6 Å². The Morgan fingerprint density at radius 3 is 2.72 bits per heavy atom. The van der Waals surface area contributed by atoms with Gasteiger partial charge in [-0.2, -0.15) is 0 Å². The molecule has 4 nitrogen and oxygen atoms in total. The minimum Gasteiger partial charge on any atom is -0.545 e. The van der Waals surface area contributed by atoms with Crippen LogP contribution in [0.25, 0.3) is 0 Å². The number of piperazine rings is 1. The van der Waals surface area contributed by atoms with E-state index in [0.717, 1.165) is 25.2 Å². The van der Waals surface area contributed by atoms with Crippen LogP contribution in [-0.2, 0) is 6.54 Å². The lowest BCUT2D eigenvalue weighted by molar-refractivity contribution is -0.902. The fourth-order valence-electron chi connectivity index (χ4n) is 2.44. The largest absolute Gasteiger partial charge is 0.545 e. The standard InChI is InChI=1S/C14H20N2O2/c1-2-15-6-8-16(9-7-15)11-12-4-3-5-13(10-12)14(17)18/h3-5,10H,2,6-9,11H2,1H3,(H,17,18). The van der Waals surface area contributed by atoms with Crippen molar-refractivity contribution >= 4 is 5.97 Å². The SMILES string of the molecule is CC[NH+]1CCN(Cc2cccc(C(=O)[O-])c2)CC1. The van der Waals surface area contributed by atoms with E-state index in [1.807, 2.05) is 6.07 Å². The molecule has 18 heavy (non-hydrogen) atoms. The number of likely N-dealkylation sites (N-methyl/N-ethyl adjacent to an activating group) is 1. The number of benzene rings is 1. The molecule has 0 spiro atoms. The molecule has 1 fully saturated rings. The summed E-state index contributed by atoms with van der Waals surface area (Å²) in [5.74, 6) is -1.10. The minimum atomic E-state index is -1.10. The Bertz CT molecular complexity index is 412. The number of nitrogens with zero attached hydrogens (tertiary/aromatic N) is 1. The van der Waals surface area contributed by atoms with E-state index in [4.69, 9.17) is 0 Å². The summed E-state index contributed by atoms with van der Waals surface area (Å²) in [6.45, 7) is 8.76. The van der Waals surface area contributed by atoms with Gasteiger partial charge in [-0.25, -0.2) is 0 Å². The molecular weight excluding hydrogens is 228 g/mol. The predicted octanol–water partition coefficient (Wildman–Crippen LogP) is -1.23. The van der Waals surface area contributed by atoms with Crippen molar-refractivity contribution in [2.24, 2.45) is 0 Å². The van der Waals surface area contributed by atoms with Crippen molar-refractivity contribution in [2.45, 2.75) is 13.5 Å². The Hall–Kier alpha value is -1.39. The van der Waals surface area contributed by atoms with E-state index >= 15 is 0 Å². The van der Waals surface area contributed by atoms with E-state index in [2.05, 4.69) is 11.8 Å². The first-order chi connectivity index (χ1) is 8.69. The zero-order valence-corrected chi connectivity index (χ0v) is 10.8. The Labute approximate surface area is 108 Å². The number of aromatic carboxylic acids is 1. The van der Waals surface area contributed by atoms with Crippen LogP contribution in [0.15, 0.2) is 24.3 Å². The zero-order chi connectivity index (χ0) is 13.0. The Kier molecular flexibility index (Phi) is 4.33. The fourth-order valence-corrected chi connectivity index (χ4v) is 2.44. The van der Waals surface area contributed by atoms with Crippen molar-refractivity contribution in [2.75, 3.05) is 32.7 Å². The lowest BCUT2D eigenvalue weighted by Crippen LogP contribution is -3.14. The lowest BCUT2D eigenvalue weighted by Gasteiger charge is -2.31. The molecule has 0 bridgehead atoms. The second kappa shape index (κ2) is 5.98. The minimum absolute atomic E-state index is 0.269. The van der Waals surface area contributed by atoms with Crippen molar-refractivity contribution in [1.82, 2.24) is 4.90 Å². The van der Waals surface area contributed by atoms with Gasteiger partial charge in [0, 0.05) is 19.6 Å². The second-order valence-corrected chi connectivity index (χ2v) is 4.87. The average molecular weight is 248 g/mol. The Morgan fingerprint density at radius 1 is 1.39 bits per heavy atom. The van der Waals surface area contributed by atoms with Crippen molar-refractivity contribution in [3.63, 3.8) is 0 Å². The molecule has 0 radical (unpaired) electrons. The van der Waals surface area contributed by atoms with Crippen molar-refractivity contribution in [1.29, 1.82) is 0 Å². The number of quaternary nitrogens is 1. The van der Waals surface area contributed by atoms with Crippen LogP contribution in [0.2, 0.25) is 0 Å². The molecule has 0 saturated carbocycles. The third kappa shape index (κ3) is 3.31. The normalized spacial score (nSPS) is 17.8. The molecular formula is C14H20N2O2. The number of rotatable bonds is 4. The van der Waals surface area contributed by atoms with Gasteiger partial charge < -0.3 is 14.8 Å². The first kappa shape index (κ1) is 13.1. The van der Waals surface area contributed by atoms with Crippen LogP contribution in [0.1, 0.15) is 22.8 Å². The summed E-state index contributed by atoms with van der Waals surface area (Å²) < 4.78 is 0. The van der Waals surface area contributed by atoms with Crippen LogP contribution >= 0.6 is 0 Å². The first-order valence-electron chi connectivity index (χ1n) is 6.55. The molecule has 1 N–H and O–H groups in total. The Balaban J connectivity index is 1.94. The number of hydrogen-bond donors (Lipinski definition) is 1. The van der Waals surface area contributed by atoms with Crippen LogP contribution in [0.3, 0.4) is 0 Å². The summed E-state index contributed by atoms with van der Waals surface area (Å²) in [5.41, 5.74) is 1.32. The predicted molar refractivity (Wildman–Crippen MR) is 67.3 cm³/mol. The number of carbonyl (C=O) groups is 1. The van der Waals surface area contributed by atoms with Gasteiger partial charge in [-0.1, -0.05) is 18.2 Å². The third-order valence-electron chi connectivity index (χ3n) is 3.63. The molecule has 2 rings (SSSR count). The summed E-state index contributed by atoms with van der Waals surface area (Å²) in [6, 6.07) is 7.06. The van der Waals surface area contributed by atoms with Gasteiger partial charge >= 0.3 is 0 Å². The highest BCUT2D eigenvalue weighted by molar-refractivity contribution is 5.85.